The monoisotopic (exact) mass is 572 g/mol. The summed E-state index contributed by atoms with van der Waals surface area (Å²) in [6.07, 6.45) is 2.71. The summed E-state index contributed by atoms with van der Waals surface area (Å²) in [5, 5.41) is 0.924. The standard InChI is InChI=1S/C36H36N4O3/c1-36(2,3)29-15-13-26(14-16-29)32(41)17-6-24-4-7-27(8-5-24)33-30-22-31(39-34(30)38-23-37-33)25-9-11-28(12-10-25)35(42)40-18-20-43-21-19-40/h4-5,7-16,22-23H,6,17-21H2,1-3H3,(H,37,38,39). The van der Waals surface area contributed by atoms with Crippen LogP contribution in [0.15, 0.2) is 85.2 Å². The summed E-state index contributed by atoms with van der Waals surface area (Å²) in [6, 6.07) is 25.9. The lowest BCUT2D eigenvalue weighted by Crippen LogP contribution is -2.40. The number of nitrogens with one attached hydrogen (secondary N) is 1. The molecule has 0 spiro atoms. The highest BCUT2D eigenvalue weighted by Gasteiger charge is 2.19. The van der Waals surface area contributed by atoms with E-state index < -0.39 is 0 Å². The third-order valence-electron chi connectivity index (χ3n) is 8.11. The smallest absolute Gasteiger partial charge is 0.254 e. The van der Waals surface area contributed by atoms with Crippen LogP contribution in [0.25, 0.3) is 33.5 Å². The maximum Gasteiger partial charge on any atom is 0.254 e. The van der Waals surface area contributed by atoms with Crippen molar-refractivity contribution in [3.05, 3.63) is 107 Å². The number of amides is 1. The number of benzene rings is 3. The fourth-order valence-corrected chi connectivity index (χ4v) is 5.45. The number of nitrogens with zero attached hydrogens (tertiary/aromatic N) is 3. The second-order valence-corrected chi connectivity index (χ2v) is 12.1. The molecule has 1 N–H and O–H groups in total. The Kier molecular flexibility index (Phi) is 7.91. The zero-order chi connectivity index (χ0) is 30.0. The molecule has 0 saturated carbocycles. The molecule has 3 aromatic carbocycles. The Bertz CT molecular complexity index is 1740. The van der Waals surface area contributed by atoms with Crippen LogP contribution in [0.3, 0.4) is 0 Å². The first-order chi connectivity index (χ1) is 20.8. The number of Topliss-reactive ketones (excluding diaryl/α,β-unsaturated/α-hetero) is 1. The van der Waals surface area contributed by atoms with Gasteiger partial charge in [-0.1, -0.05) is 81.4 Å². The van der Waals surface area contributed by atoms with E-state index in [9.17, 15) is 9.59 Å². The first kappa shape index (κ1) is 28.5. The fourth-order valence-electron chi connectivity index (χ4n) is 5.45. The SMILES string of the molecule is CC(C)(C)c1ccc(C(=O)CCc2ccc(-c3ncnc4[nH]c(-c5ccc(C(=O)N6CCOCC6)cc5)cc34)cc2)cc1. The summed E-state index contributed by atoms with van der Waals surface area (Å²) in [5.74, 6) is 0.183. The van der Waals surface area contributed by atoms with Gasteiger partial charge >= 0.3 is 0 Å². The predicted octanol–water partition coefficient (Wildman–Crippen LogP) is 6.88. The van der Waals surface area contributed by atoms with Gasteiger partial charge in [0, 0.05) is 47.3 Å². The second-order valence-electron chi connectivity index (χ2n) is 12.1. The molecule has 0 unspecified atom stereocenters. The number of H-pyrrole nitrogens is 1. The number of carbonyl (C=O) groups is 2. The third kappa shape index (κ3) is 6.27. The van der Waals surface area contributed by atoms with E-state index in [1.54, 1.807) is 6.33 Å². The van der Waals surface area contributed by atoms with Gasteiger partial charge in [-0.3, -0.25) is 9.59 Å². The molecule has 3 heterocycles. The number of morpholine rings is 1. The molecule has 1 aliphatic rings. The third-order valence-corrected chi connectivity index (χ3v) is 8.11. The number of aryl methyl sites for hydroxylation is 1. The summed E-state index contributed by atoms with van der Waals surface area (Å²) in [5.41, 5.74) is 8.28. The number of fused-ring (bicyclic) bond motifs is 1. The van der Waals surface area contributed by atoms with E-state index in [-0.39, 0.29) is 17.1 Å². The Morgan fingerprint density at radius 2 is 1.49 bits per heavy atom. The molecular formula is C36H36N4O3. The molecule has 0 bridgehead atoms. The molecule has 1 amide bonds. The van der Waals surface area contributed by atoms with Gasteiger partial charge in [-0.05, 0) is 46.7 Å². The van der Waals surface area contributed by atoms with Gasteiger partial charge < -0.3 is 14.6 Å². The van der Waals surface area contributed by atoms with Gasteiger partial charge in [0.25, 0.3) is 5.91 Å². The molecule has 7 heteroatoms. The lowest BCUT2D eigenvalue weighted by Gasteiger charge is -2.26. The van der Waals surface area contributed by atoms with E-state index in [4.69, 9.17) is 4.74 Å². The zero-order valence-electron chi connectivity index (χ0n) is 24.9. The molecule has 6 rings (SSSR count). The molecular weight excluding hydrogens is 536 g/mol. The van der Waals surface area contributed by atoms with E-state index in [0.717, 1.165) is 44.7 Å². The lowest BCUT2D eigenvalue weighted by molar-refractivity contribution is 0.0303. The fraction of sp³-hybridized carbons (Fsp3) is 0.278. The van der Waals surface area contributed by atoms with Gasteiger partial charge in [0.2, 0.25) is 0 Å². The van der Waals surface area contributed by atoms with Crippen molar-refractivity contribution in [3.8, 4) is 22.5 Å². The quantitative estimate of drug-likeness (QED) is 0.215. The summed E-state index contributed by atoms with van der Waals surface area (Å²) in [7, 11) is 0. The maximum atomic E-state index is 12.8. The summed E-state index contributed by atoms with van der Waals surface area (Å²) < 4.78 is 5.36. The first-order valence-electron chi connectivity index (χ1n) is 14.8. The molecule has 218 valence electrons. The van der Waals surface area contributed by atoms with Crippen LogP contribution in [0, 0.1) is 0 Å². The van der Waals surface area contributed by atoms with Crippen molar-refractivity contribution in [2.24, 2.45) is 0 Å². The van der Waals surface area contributed by atoms with Crippen LogP contribution >= 0.6 is 0 Å². The number of ether oxygens (including phenoxy) is 1. The Balaban J connectivity index is 1.14. The van der Waals surface area contributed by atoms with Crippen molar-refractivity contribution < 1.29 is 14.3 Å². The van der Waals surface area contributed by atoms with Crippen LogP contribution in [-0.2, 0) is 16.6 Å². The van der Waals surface area contributed by atoms with E-state index >= 15 is 0 Å². The van der Waals surface area contributed by atoms with Crippen LogP contribution in [0.2, 0.25) is 0 Å². The van der Waals surface area contributed by atoms with Crippen molar-refractivity contribution in [1.82, 2.24) is 19.9 Å². The minimum absolute atomic E-state index is 0.0298. The van der Waals surface area contributed by atoms with Gasteiger partial charge in [0.05, 0.1) is 18.9 Å². The average Bonchev–Trinajstić information content (AvgIpc) is 3.48. The Hall–Kier alpha value is -4.62. The number of ketones is 1. The summed E-state index contributed by atoms with van der Waals surface area (Å²) in [6.45, 7) is 8.92. The van der Waals surface area contributed by atoms with E-state index in [0.29, 0.717) is 44.7 Å². The maximum absolute atomic E-state index is 12.8. The van der Waals surface area contributed by atoms with Crippen LogP contribution in [0.5, 0.6) is 0 Å². The largest absolute Gasteiger partial charge is 0.378 e. The van der Waals surface area contributed by atoms with Gasteiger partial charge in [0.1, 0.15) is 12.0 Å². The Labute approximate surface area is 252 Å². The molecule has 5 aromatic rings. The molecule has 0 atom stereocenters. The van der Waals surface area contributed by atoms with Crippen molar-refractivity contribution in [2.45, 2.75) is 39.0 Å². The highest BCUT2D eigenvalue weighted by atomic mass is 16.5. The van der Waals surface area contributed by atoms with Crippen LogP contribution in [-0.4, -0.2) is 57.8 Å². The topological polar surface area (TPSA) is 88.2 Å². The first-order valence-corrected chi connectivity index (χ1v) is 14.8. The van der Waals surface area contributed by atoms with Gasteiger partial charge in [0.15, 0.2) is 5.78 Å². The molecule has 0 radical (unpaired) electrons. The van der Waals surface area contributed by atoms with Gasteiger partial charge in [-0.2, -0.15) is 0 Å². The molecule has 2 aromatic heterocycles. The Morgan fingerprint density at radius 1 is 0.837 bits per heavy atom. The number of carbonyl (C=O) groups excluding carboxylic acids is 2. The number of hydrogen-bond acceptors (Lipinski definition) is 5. The summed E-state index contributed by atoms with van der Waals surface area (Å²) in [4.78, 5) is 39.9. The number of rotatable bonds is 7. The van der Waals surface area contributed by atoms with E-state index in [2.05, 4.69) is 78.2 Å². The van der Waals surface area contributed by atoms with Gasteiger partial charge in [-0.15, -0.1) is 0 Å². The van der Waals surface area contributed by atoms with Crippen molar-refractivity contribution in [1.29, 1.82) is 0 Å². The van der Waals surface area contributed by atoms with Crippen molar-refractivity contribution in [2.75, 3.05) is 26.3 Å². The van der Waals surface area contributed by atoms with Crippen LogP contribution in [0.1, 0.15) is 59.0 Å². The summed E-state index contributed by atoms with van der Waals surface area (Å²) >= 11 is 0. The van der Waals surface area contributed by atoms with Crippen molar-refractivity contribution >= 4 is 22.7 Å². The normalized spacial score (nSPS) is 13.8. The number of aromatic amines is 1. The molecule has 7 nitrogen and oxygen atoms in total. The number of aromatic nitrogens is 3. The highest BCUT2D eigenvalue weighted by molar-refractivity contribution is 5.97. The highest BCUT2D eigenvalue weighted by Crippen LogP contribution is 2.30. The minimum atomic E-state index is 0.0298. The van der Waals surface area contributed by atoms with E-state index in [1.807, 2.05) is 41.3 Å². The van der Waals surface area contributed by atoms with Crippen LogP contribution in [0.4, 0.5) is 0 Å². The number of hydrogen-bond donors (Lipinski definition) is 1. The molecule has 1 aliphatic heterocycles. The molecule has 1 saturated heterocycles. The predicted molar refractivity (Wildman–Crippen MR) is 169 cm³/mol. The Morgan fingerprint density at radius 3 is 2.16 bits per heavy atom. The lowest BCUT2D eigenvalue weighted by atomic mass is 9.86. The zero-order valence-corrected chi connectivity index (χ0v) is 24.9. The molecule has 43 heavy (non-hydrogen) atoms. The average molecular weight is 573 g/mol. The van der Waals surface area contributed by atoms with Crippen molar-refractivity contribution in [3.63, 3.8) is 0 Å². The van der Waals surface area contributed by atoms with Gasteiger partial charge in [-0.25, -0.2) is 9.97 Å². The second kappa shape index (κ2) is 11.9. The van der Waals surface area contributed by atoms with Crippen LogP contribution < -0.4 is 0 Å². The molecule has 0 aliphatic carbocycles. The molecule has 1 fully saturated rings. The minimum Gasteiger partial charge on any atom is -0.378 e. The van der Waals surface area contributed by atoms with E-state index in [1.165, 1.54) is 5.56 Å².